The molecule has 0 radical (unpaired) electrons. The normalized spacial score (nSPS) is 23.3. The number of nitrogens with two attached hydrogens (primary N) is 1. The van der Waals surface area contributed by atoms with Crippen LogP contribution in [0.4, 0.5) is 11.4 Å². The number of hydrogen-bond acceptors (Lipinski definition) is 2. The molecule has 4 heteroatoms. The van der Waals surface area contributed by atoms with Gasteiger partial charge in [0.2, 0.25) is 0 Å². The van der Waals surface area contributed by atoms with E-state index in [9.17, 15) is 0 Å². The lowest BCUT2D eigenvalue weighted by Crippen LogP contribution is -2.16. The van der Waals surface area contributed by atoms with Crippen molar-refractivity contribution in [3.8, 4) is 0 Å². The van der Waals surface area contributed by atoms with Crippen molar-refractivity contribution in [3.05, 3.63) is 22.2 Å². The van der Waals surface area contributed by atoms with Crippen molar-refractivity contribution < 1.29 is 0 Å². The van der Waals surface area contributed by atoms with E-state index < -0.39 is 0 Å². The fourth-order valence-corrected chi connectivity index (χ4v) is 3.08. The van der Waals surface area contributed by atoms with Crippen LogP contribution >= 0.6 is 23.2 Å². The van der Waals surface area contributed by atoms with Crippen LogP contribution in [0.15, 0.2) is 12.1 Å². The van der Waals surface area contributed by atoms with Crippen LogP contribution in [0, 0.1) is 11.8 Å². The minimum absolute atomic E-state index is 0.506. The van der Waals surface area contributed by atoms with Gasteiger partial charge in [0.25, 0.3) is 0 Å². The van der Waals surface area contributed by atoms with Gasteiger partial charge in [-0.3, -0.25) is 0 Å². The molecule has 0 saturated heterocycles. The van der Waals surface area contributed by atoms with E-state index in [4.69, 9.17) is 28.9 Å². The van der Waals surface area contributed by atoms with E-state index in [1.54, 1.807) is 6.07 Å². The molecule has 0 aromatic heterocycles. The lowest BCUT2D eigenvalue weighted by Gasteiger charge is -2.26. The molecule has 106 valence electrons. The molecule has 1 fully saturated rings. The quantitative estimate of drug-likeness (QED) is 0.750. The van der Waals surface area contributed by atoms with Crippen LogP contribution in [0.1, 0.15) is 39.0 Å². The molecule has 3 N–H and O–H groups in total. The number of nitrogen functional groups attached to an aromatic ring is 1. The molecule has 2 nitrogen and oxygen atoms in total. The van der Waals surface area contributed by atoms with Gasteiger partial charge >= 0.3 is 0 Å². The summed E-state index contributed by atoms with van der Waals surface area (Å²) in [5.74, 6) is 1.77. The fourth-order valence-electron chi connectivity index (χ4n) is 2.74. The smallest absolute Gasteiger partial charge is 0.0614 e. The molecule has 0 spiro atoms. The summed E-state index contributed by atoms with van der Waals surface area (Å²) in [6, 6.07) is 3.51. The molecule has 0 aliphatic heterocycles. The minimum Gasteiger partial charge on any atom is -0.397 e. The Kier molecular flexibility index (Phi) is 5.23. The third-order valence-corrected chi connectivity index (χ3v) is 4.82. The van der Waals surface area contributed by atoms with Crippen LogP contribution < -0.4 is 11.1 Å². The number of rotatable bonds is 4. The Morgan fingerprint density at radius 2 is 1.79 bits per heavy atom. The van der Waals surface area contributed by atoms with Crippen LogP contribution in [0.25, 0.3) is 0 Å². The number of anilines is 2. The summed E-state index contributed by atoms with van der Waals surface area (Å²) in [5, 5.41) is 4.42. The molecule has 19 heavy (non-hydrogen) atoms. The van der Waals surface area contributed by atoms with Gasteiger partial charge in [-0.05, 0) is 30.4 Å². The lowest BCUT2D eigenvalue weighted by molar-refractivity contribution is 0.282. The van der Waals surface area contributed by atoms with Crippen molar-refractivity contribution in [1.29, 1.82) is 0 Å². The zero-order chi connectivity index (χ0) is 13.8. The maximum absolute atomic E-state index is 6.00. The Bertz CT molecular complexity index is 426. The molecule has 1 saturated carbocycles. The molecule has 1 aliphatic rings. The van der Waals surface area contributed by atoms with E-state index in [0.717, 1.165) is 24.1 Å². The van der Waals surface area contributed by atoms with Crippen molar-refractivity contribution in [2.45, 2.75) is 39.0 Å². The highest BCUT2D eigenvalue weighted by atomic mass is 35.5. The molecular weight excluding hydrogens is 279 g/mol. The predicted octanol–water partition coefficient (Wildman–Crippen LogP) is 5.20. The average molecular weight is 301 g/mol. The highest BCUT2D eigenvalue weighted by molar-refractivity contribution is 6.42. The lowest BCUT2D eigenvalue weighted by atomic mass is 9.81. The van der Waals surface area contributed by atoms with E-state index in [1.807, 2.05) is 6.07 Å². The zero-order valence-electron chi connectivity index (χ0n) is 11.4. The van der Waals surface area contributed by atoms with E-state index in [0.29, 0.717) is 15.7 Å². The molecule has 0 unspecified atom stereocenters. The second kappa shape index (κ2) is 6.71. The van der Waals surface area contributed by atoms with Crippen LogP contribution in [0.5, 0.6) is 0 Å². The van der Waals surface area contributed by atoms with Crippen molar-refractivity contribution in [2.24, 2.45) is 11.8 Å². The van der Waals surface area contributed by atoms with Crippen LogP contribution in [-0.4, -0.2) is 6.54 Å². The summed E-state index contributed by atoms with van der Waals surface area (Å²) in [6.45, 7) is 3.30. The van der Waals surface area contributed by atoms with Crippen LogP contribution in [0.2, 0.25) is 10.0 Å². The summed E-state index contributed by atoms with van der Waals surface area (Å²) in [4.78, 5) is 0. The standard InChI is InChI=1S/C15H22Cl2N2/c1-10-2-4-11(5-3-10)6-7-19-15-9-13(17)12(16)8-14(15)18/h8-11,19H,2-7,18H2,1H3. The van der Waals surface area contributed by atoms with E-state index in [2.05, 4.69) is 12.2 Å². The number of hydrogen-bond donors (Lipinski definition) is 2. The fraction of sp³-hybridized carbons (Fsp3) is 0.600. The first-order valence-corrected chi connectivity index (χ1v) is 7.80. The van der Waals surface area contributed by atoms with Gasteiger partial charge in [-0.25, -0.2) is 0 Å². The van der Waals surface area contributed by atoms with E-state index in [1.165, 1.54) is 32.1 Å². The van der Waals surface area contributed by atoms with Gasteiger partial charge in [-0.2, -0.15) is 0 Å². The molecular formula is C15H22Cl2N2. The van der Waals surface area contributed by atoms with Gasteiger partial charge in [0.15, 0.2) is 0 Å². The maximum Gasteiger partial charge on any atom is 0.0614 e. The second-order valence-corrected chi connectivity index (χ2v) is 6.51. The van der Waals surface area contributed by atoms with Gasteiger partial charge in [0.05, 0.1) is 21.4 Å². The van der Waals surface area contributed by atoms with Gasteiger partial charge in [-0.15, -0.1) is 0 Å². The number of benzene rings is 1. The molecule has 0 heterocycles. The summed E-state index contributed by atoms with van der Waals surface area (Å²) in [7, 11) is 0. The van der Waals surface area contributed by atoms with Gasteiger partial charge in [0, 0.05) is 6.54 Å². The monoisotopic (exact) mass is 300 g/mol. The Labute approximate surface area is 125 Å². The number of halogens is 2. The predicted molar refractivity (Wildman–Crippen MR) is 85.1 cm³/mol. The second-order valence-electron chi connectivity index (χ2n) is 5.69. The first-order valence-electron chi connectivity index (χ1n) is 7.04. The molecule has 1 aromatic rings. The highest BCUT2D eigenvalue weighted by Gasteiger charge is 2.17. The Hall–Kier alpha value is -0.600. The maximum atomic E-state index is 6.00. The van der Waals surface area contributed by atoms with Gasteiger partial charge in [-0.1, -0.05) is 55.8 Å². The summed E-state index contributed by atoms with van der Waals surface area (Å²) in [5.41, 5.74) is 7.47. The van der Waals surface area contributed by atoms with Gasteiger partial charge in [0.1, 0.15) is 0 Å². The summed E-state index contributed by atoms with van der Waals surface area (Å²) in [6.07, 6.45) is 6.67. The molecule has 0 atom stereocenters. The Morgan fingerprint density at radius 3 is 2.47 bits per heavy atom. The summed E-state index contributed by atoms with van der Waals surface area (Å²) >= 11 is 11.9. The Morgan fingerprint density at radius 1 is 1.16 bits per heavy atom. The SMILES string of the molecule is CC1CCC(CCNc2cc(Cl)c(Cl)cc2N)CC1. The molecule has 0 bridgehead atoms. The third-order valence-electron chi connectivity index (χ3n) is 4.10. The van der Waals surface area contributed by atoms with Gasteiger partial charge < -0.3 is 11.1 Å². The van der Waals surface area contributed by atoms with Crippen molar-refractivity contribution in [2.75, 3.05) is 17.6 Å². The molecule has 1 aromatic carbocycles. The van der Waals surface area contributed by atoms with Crippen molar-refractivity contribution in [1.82, 2.24) is 0 Å². The highest BCUT2D eigenvalue weighted by Crippen LogP contribution is 2.32. The third kappa shape index (κ3) is 4.19. The average Bonchev–Trinajstić information content (AvgIpc) is 2.38. The first-order chi connectivity index (χ1) is 9.06. The van der Waals surface area contributed by atoms with Crippen LogP contribution in [-0.2, 0) is 0 Å². The van der Waals surface area contributed by atoms with Crippen molar-refractivity contribution >= 4 is 34.6 Å². The van der Waals surface area contributed by atoms with Crippen LogP contribution in [0.3, 0.4) is 0 Å². The zero-order valence-corrected chi connectivity index (χ0v) is 12.9. The van der Waals surface area contributed by atoms with Crippen molar-refractivity contribution in [3.63, 3.8) is 0 Å². The topological polar surface area (TPSA) is 38.0 Å². The Balaban J connectivity index is 1.81. The largest absolute Gasteiger partial charge is 0.397 e. The summed E-state index contributed by atoms with van der Waals surface area (Å²) < 4.78 is 0. The number of nitrogens with one attached hydrogen (secondary N) is 1. The first kappa shape index (κ1) is 14.8. The molecule has 2 rings (SSSR count). The van der Waals surface area contributed by atoms with E-state index in [-0.39, 0.29) is 0 Å². The molecule has 1 aliphatic carbocycles. The molecule has 0 amide bonds. The van der Waals surface area contributed by atoms with E-state index >= 15 is 0 Å². The minimum atomic E-state index is 0.506.